The van der Waals surface area contributed by atoms with Crippen molar-refractivity contribution in [2.45, 2.75) is 6.18 Å². The summed E-state index contributed by atoms with van der Waals surface area (Å²) in [6, 6.07) is 11.9. The molecule has 3 heterocycles. The van der Waals surface area contributed by atoms with Gasteiger partial charge >= 0.3 is 6.18 Å². The average Bonchev–Trinajstić information content (AvgIpc) is 3.25. The number of nitrogens with two attached hydrogens (primary N) is 1. The van der Waals surface area contributed by atoms with Gasteiger partial charge in [-0.25, -0.2) is 0 Å². The fourth-order valence-electron chi connectivity index (χ4n) is 3.58. The van der Waals surface area contributed by atoms with E-state index >= 15 is 0 Å². The molecule has 5 rings (SSSR count). The largest absolute Gasteiger partial charge is 0.416 e. The second-order valence-electron chi connectivity index (χ2n) is 7.62. The van der Waals surface area contributed by atoms with Crippen molar-refractivity contribution in [3.63, 3.8) is 0 Å². The van der Waals surface area contributed by atoms with Gasteiger partial charge in [0.1, 0.15) is 0 Å². The molecule has 0 spiro atoms. The molecular formula is C22H18F3N5O2S. The number of rotatable bonds is 2. The smallest absolute Gasteiger partial charge is 0.366 e. The number of hydrogen-bond donors (Lipinski definition) is 1. The van der Waals surface area contributed by atoms with E-state index in [-0.39, 0.29) is 5.92 Å². The van der Waals surface area contributed by atoms with Gasteiger partial charge in [0, 0.05) is 57.6 Å². The van der Waals surface area contributed by atoms with Crippen LogP contribution in [0.25, 0.3) is 27.6 Å². The lowest BCUT2D eigenvalue weighted by atomic mass is 10.1. The van der Waals surface area contributed by atoms with Crippen LogP contribution in [0.5, 0.6) is 0 Å². The first-order valence-corrected chi connectivity index (χ1v) is 11.3. The van der Waals surface area contributed by atoms with Gasteiger partial charge in [0.15, 0.2) is 5.65 Å². The molecular weight excluding hydrogens is 455 g/mol. The highest BCUT2D eigenvalue weighted by molar-refractivity contribution is 7.86. The molecule has 4 aromatic rings. The lowest BCUT2D eigenvalue weighted by molar-refractivity contribution is -0.137. The topological polar surface area (TPSA) is 107 Å². The Kier molecular flexibility index (Phi) is 5.71. The molecule has 1 aliphatic heterocycles. The summed E-state index contributed by atoms with van der Waals surface area (Å²) in [5.41, 5.74) is 6.86. The maximum Gasteiger partial charge on any atom is 0.416 e. The van der Waals surface area contributed by atoms with E-state index in [2.05, 4.69) is 5.10 Å². The van der Waals surface area contributed by atoms with Crippen molar-refractivity contribution >= 4 is 38.6 Å². The second-order valence-corrected chi connectivity index (χ2v) is 9.16. The molecule has 1 amide bonds. The summed E-state index contributed by atoms with van der Waals surface area (Å²) < 4.78 is 52.1. The second kappa shape index (κ2) is 8.37. The lowest BCUT2D eigenvalue weighted by Crippen LogP contribution is -2.29. The number of benzene rings is 2. The number of amides is 1. The zero-order valence-electron chi connectivity index (χ0n) is 17.3. The monoisotopic (exact) mass is 473 g/mol. The minimum Gasteiger partial charge on any atom is -0.366 e. The number of hydrogen-bond acceptors (Lipinski definition) is 4. The van der Waals surface area contributed by atoms with Gasteiger partial charge in [-0.05, 0) is 42.5 Å². The predicted octanol–water partition coefficient (Wildman–Crippen LogP) is 3.52. The third kappa shape index (κ3) is 4.34. The fraction of sp³-hybridized carbons (Fsp3) is 0.227. The summed E-state index contributed by atoms with van der Waals surface area (Å²) in [5.74, 6) is 0.763. The molecule has 1 aliphatic rings. The van der Waals surface area contributed by atoms with Crippen LogP contribution in [0.15, 0.2) is 48.7 Å². The summed E-state index contributed by atoms with van der Waals surface area (Å²) in [6.07, 6.45) is -2.60. The maximum absolute atomic E-state index is 12.8. The van der Waals surface area contributed by atoms with Crippen LogP contribution in [0.4, 0.5) is 13.2 Å². The minimum atomic E-state index is -4.39. The van der Waals surface area contributed by atoms with E-state index in [0.29, 0.717) is 28.4 Å². The molecule has 0 aliphatic carbocycles. The van der Waals surface area contributed by atoms with Crippen molar-refractivity contribution in [3.8, 4) is 11.8 Å². The van der Waals surface area contributed by atoms with E-state index in [4.69, 9.17) is 11.0 Å². The zero-order chi connectivity index (χ0) is 23.9. The van der Waals surface area contributed by atoms with E-state index in [1.54, 1.807) is 40.7 Å². The molecule has 33 heavy (non-hydrogen) atoms. The number of carbonyl (C=O) groups excluding carboxylic acids is 1. The first kappa shape index (κ1) is 22.5. The molecule has 0 bridgehead atoms. The molecule has 11 heteroatoms. The van der Waals surface area contributed by atoms with Crippen molar-refractivity contribution in [2.24, 2.45) is 18.7 Å². The molecule has 170 valence electrons. The standard InChI is InChI=1S/C18H13F3N4O.C4H5NOS/c1-24-9-14-13-8-10(16(22)26)2-7-15(13)25(17(14)23-24)12-5-3-11(4-6-12)18(19,20)21;5-1-4-2-7(6)3-4/h2-9H,1H3,(H2,22,26);4H,2-3H2. The normalized spacial score (nSPS) is 17.8. The Morgan fingerprint density at radius 2 is 1.85 bits per heavy atom. The van der Waals surface area contributed by atoms with Crippen LogP contribution in [0.2, 0.25) is 0 Å². The number of aromatic nitrogens is 3. The van der Waals surface area contributed by atoms with Crippen LogP contribution in [0, 0.1) is 17.2 Å². The third-order valence-corrected chi connectivity index (χ3v) is 6.79. The van der Waals surface area contributed by atoms with Gasteiger partial charge < -0.3 is 5.73 Å². The van der Waals surface area contributed by atoms with Gasteiger partial charge in [-0.2, -0.15) is 23.5 Å². The summed E-state index contributed by atoms with van der Waals surface area (Å²) in [7, 11) is 1.11. The fourth-order valence-corrected chi connectivity index (χ4v) is 4.53. The Morgan fingerprint density at radius 3 is 2.36 bits per heavy atom. The van der Waals surface area contributed by atoms with Gasteiger partial charge in [0.25, 0.3) is 0 Å². The van der Waals surface area contributed by atoms with Gasteiger partial charge in [0.05, 0.1) is 23.1 Å². The number of alkyl halides is 3. The molecule has 2 aromatic heterocycles. The van der Waals surface area contributed by atoms with Crippen LogP contribution in [0.3, 0.4) is 0 Å². The van der Waals surface area contributed by atoms with E-state index < -0.39 is 28.4 Å². The number of halogens is 3. The van der Waals surface area contributed by atoms with E-state index in [1.165, 1.54) is 12.1 Å². The van der Waals surface area contributed by atoms with Crippen molar-refractivity contribution in [3.05, 3.63) is 59.8 Å². The quantitative estimate of drug-likeness (QED) is 0.481. The summed E-state index contributed by atoms with van der Waals surface area (Å²) in [4.78, 5) is 11.5. The molecule has 0 atom stereocenters. The molecule has 0 unspecified atom stereocenters. The van der Waals surface area contributed by atoms with Gasteiger partial charge in [0.2, 0.25) is 5.91 Å². The number of fused-ring (bicyclic) bond motifs is 3. The number of nitriles is 1. The summed E-state index contributed by atoms with van der Waals surface area (Å²) in [5, 5.41) is 14.1. The van der Waals surface area contributed by atoms with Crippen molar-refractivity contribution < 1.29 is 22.2 Å². The SMILES string of the molecule is Cn1cc2c3cc(C(N)=O)ccc3n(-c3ccc(C(F)(F)F)cc3)c2n1.N#CC1CS(=O)C1. The number of primary amides is 1. The minimum absolute atomic E-state index is 0.0980. The Labute approximate surface area is 188 Å². The van der Waals surface area contributed by atoms with E-state index in [0.717, 1.165) is 28.4 Å². The Hall–Kier alpha value is -3.65. The Balaban J connectivity index is 0.000000318. The molecule has 1 saturated heterocycles. The molecule has 0 saturated carbocycles. The molecule has 7 nitrogen and oxygen atoms in total. The van der Waals surface area contributed by atoms with E-state index in [1.807, 2.05) is 6.07 Å². The highest BCUT2D eigenvalue weighted by Gasteiger charge is 2.30. The van der Waals surface area contributed by atoms with E-state index in [9.17, 15) is 22.2 Å². The highest BCUT2D eigenvalue weighted by Crippen LogP contribution is 2.34. The molecule has 2 aromatic carbocycles. The van der Waals surface area contributed by atoms with Crippen LogP contribution < -0.4 is 5.73 Å². The predicted molar refractivity (Wildman–Crippen MR) is 118 cm³/mol. The van der Waals surface area contributed by atoms with Gasteiger partial charge in [-0.15, -0.1) is 0 Å². The third-order valence-electron chi connectivity index (χ3n) is 5.24. The van der Waals surface area contributed by atoms with Crippen LogP contribution in [0.1, 0.15) is 15.9 Å². The highest BCUT2D eigenvalue weighted by atomic mass is 32.2. The van der Waals surface area contributed by atoms with Crippen molar-refractivity contribution in [2.75, 3.05) is 11.5 Å². The Morgan fingerprint density at radius 1 is 1.18 bits per heavy atom. The van der Waals surface area contributed by atoms with Crippen molar-refractivity contribution in [1.82, 2.24) is 14.3 Å². The Bertz CT molecular complexity index is 1420. The summed E-state index contributed by atoms with van der Waals surface area (Å²) >= 11 is 0. The van der Waals surface area contributed by atoms with Crippen molar-refractivity contribution in [1.29, 1.82) is 5.26 Å². The van der Waals surface area contributed by atoms with Crippen LogP contribution >= 0.6 is 0 Å². The average molecular weight is 473 g/mol. The van der Waals surface area contributed by atoms with Crippen LogP contribution in [-0.4, -0.2) is 36.0 Å². The van der Waals surface area contributed by atoms with Gasteiger partial charge in [-0.1, -0.05) is 0 Å². The molecule has 0 radical (unpaired) electrons. The van der Waals surface area contributed by atoms with Crippen LogP contribution in [-0.2, 0) is 24.0 Å². The first-order valence-electron chi connectivity index (χ1n) is 9.78. The molecule has 1 fully saturated rings. The number of aryl methyl sites for hydroxylation is 1. The van der Waals surface area contributed by atoms with Gasteiger partial charge in [-0.3, -0.25) is 18.3 Å². The lowest BCUT2D eigenvalue weighted by Gasteiger charge is -2.15. The first-order chi connectivity index (χ1) is 15.6. The summed E-state index contributed by atoms with van der Waals surface area (Å²) in [6.45, 7) is 0. The zero-order valence-corrected chi connectivity index (χ0v) is 18.2. The molecule has 2 N–H and O–H groups in total. The number of nitrogens with zero attached hydrogens (tertiary/aromatic N) is 4. The number of carbonyl (C=O) groups is 1. The maximum atomic E-state index is 12.8.